The quantitative estimate of drug-likeness (QED) is 0.745. The lowest BCUT2D eigenvalue weighted by Crippen LogP contribution is -2.22. The first-order valence-corrected chi connectivity index (χ1v) is 8.05. The van der Waals surface area contributed by atoms with E-state index in [1.807, 2.05) is 25.3 Å². The van der Waals surface area contributed by atoms with Gasteiger partial charge in [-0.1, -0.05) is 13.3 Å². The molecule has 0 radical (unpaired) electrons. The molecule has 0 heterocycles. The molecular formula is C15H23NO3S. The Bertz CT molecular complexity index is 437. The minimum atomic E-state index is -0.107. The molecule has 0 saturated carbocycles. The standard InChI is InChI=1S/C15H23NO3S/c1-5-6-9-19-14-8-7-12(18-3)10-13(14)16-15(17)11(2)20-4/h7-8,10-11H,5-6,9H2,1-4H3,(H,16,17). The van der Waals surface area contributed by atoms with E-state index >= 15 is 0 Å². The summed E-state index contributed by atoms with van der Waals surface area (Å²) in [4.78, 5) is 12.0. The van der Waals surface area contributed by atoms with Crippen LogP contribution in [0.2, 0.25) is 0 Å². The van der Waals surface area contributed by atoms with Crippen molar-refractivity contribution in [3.8, 4) is 11.5 Å². The molecule has 4 nitrogen and oxygen atoms in total. The van der Waals surface area contributed by atoms with Gasteiger partial charge in [0.05, 0.1) is 24.7 Å². The number of nitrogens with one attached hydrogen (secondary N) is 1. The van der Waals surface area contributed by atoms with Gasteiger partial charge < -0.3 is 14.8 Å². The summed E-state index contributed by atoms with van der Waals surface area (Å²) in [6.45, 7) is 4.63. The average molecular weight is 297 g/mol. The summed E-state index contributed by atoms with van der Waals surface area (Å²) in [7, 11) is 1.60. The van der Waals surface area contributed by atoms with Gasteiger partial charge in [-0.25, -0.2) is 0 Å². The normalized spacial score (nSPS) is 11.8. The summed E-state index contributed by atoms with van der Waals surface area (Å²) in [5, 5.41) is 2.79. The third kappa shape index (κ3) is 4.96. The first kappa shape index (κ1) is 16.7. The molecule has 1 atom stereocenters. The fraction of sp³-hybridized carbons (Fsp3) is 0.533. The van der Waals surface area contributed by atoms with Crippen LogP contribution in [0.25, 0.3) is 0 Å². The van der Waals surface area contributed by atoms with E-state index < -0.39 is 0 Å². The van der Waals surface area contributed by atoms with Crippen LogP contribution in [-0.4, -0.2) is 31.1 Å². The number of hydrogen-bond acceptors (Lipinski definition) is 4. The van der Waals surface area contributed by atoms with Gasteiger partial charge in [0.2, 0.25) is 5.91 Å². The molecule has 0 aromatic heterocycles. The van der Waals surface area contributed by atoms with Crippen molar-refractivity contribution in [2.24, 2.45) is 0 Å². The summed E-state index contributed by atoms with van der Waals surface area (Å²) in [6, 6.07) is 5.44. The van der Waals surface area contributed by atoms with Crippen LogP contribution >= 0.6 is 11.8 Å². The Morgan fingerprint density at radius 2 is 2.20 bits per heavy atom. The van der Waals surface area contributed by atoms with Crippen molar-refractivity contribution in [3.63, 3.8) is 0 Å². The minimum Gasteiger partial charge on any atom is -0.497 e. The second-order valence-electron chi connectivity index (χ2n) is 4.43. The molecule has 0 spiro atoms. The molecule has 0 aliphatic rings. The molecule has 112 valence electrons. The number of amides is 1. The number of carbonyl (C=O) groups is 1. The van der Waals surface area contributed by atoms with Crippen LogP contribution in [-0.2, 0) is 4.79 Å². The molecule has 5 heteroatoms. The maximum Gasteiger partial charge on any atom is 0.237 e. The highest BCUT2D eigenvalue weighted by Crippen LogP contribution is 2.30. The Balaban J connectivity index is 2.85. The second-order valence-corrected chi connectivity index (χ2v) is 5.61. The molecular weight excluding hydrogens is 274 g/mol. The Labute approximate surface area is 125 Å². The molecule has 1 aromatic rings. The summed E-state index contributed by atoms with van der Waals surface area (Å²) in [5.41, 5.74) is 0.659. The van der Waals surface area contributed by atoms with Gasteiger partial charge in [-0.3, -0.25) is 4.79 Å². The van der Waals surface area contributed by atoms with Crippen LogP contribution in [0.15, 0.2) is 18.2 Å². The highest BCUT2D eigenvalue weighted by Gasteiger charge is 2.14. The third-order valence-electron chi connectivity index (χ3n) is 2.92. The number of unbranched alkanes of at least 4 members (excludes halogenated alkanes) is 1. The highest BCUT2D eigenvalue weighted by molar-refractivity contribution is 7.99. The van der Waals surface area contributed by atoms with E-state index in [1.165, 1.54) is 11.8 Å². The zero-order chi connectivity index (χ0) is 15.0. The Hall–Kier alpha value is -1.36. The summed E-state index contributed by atoms with van der Waals surface area (Å²) in [5.74, 6) is 1.34. The number of benzene rings is 1. The Morgan fingerprint density at radius 3 is 2.80 bits per heavy atom. The number of thioether (sulfide) groups is 1. The first-order chi connectivity index (χ1) is 9.62. The number of methoxy groups -OCH3 is 1. The highest BCUT2D eigenvalue weighted by atomic mass is 32.2. The molecule has 1 unspecified atom stereocenters. The predicted octanol–water partition coefficient (Wildman–Crippen LogP) is 3.56. The largest absolute Gasteiger partial charge is 0.497 e. The molecule has 0 saturated heterocycles. The monoisotopic (exact) mass is 297 g/mol. The molecule has 0 aliphatic carbocycles. The molecule has 1 aromatic carbocycles. The van der Waals surface area contributed by atoms with E-state index in [0.29, 0.717) is 23.8 Å². The molecule has 1 N–H and O–H groups in total. The lowest BCUT2D eigenvalue weighted by molar-refractivity contribution is -0.115. The minimum absolute atomic E-state index is 0.0360. The van der Waals surface area contributed by atoms with Crippen molar-refractivity contribution in [1.82, 2.24) is 0 Å². The zero-order valence-electron chi connectivity index (χ0n) is 12.6. The molecule has 1 amide bonds. The van der Waals surface area contributed by atoms with E-state index in [-0.39, 0.29) is 11.2 Å². The van der Waals surface area contributed by atoms with Gasteiger partial charge in [0.1, 0.15) is 11.5 Å². The fourth-order valence-corrected chi connectivity index (χ4v) is 1.80. The van der Waals surface area contributed by atoms with Crippen molar-refractivity contribution >= 4 is 23.4 Å². The van der Waals surface area contributed by atoms with E-state index in [9.17, 15) is 4.79 Å². The predicted molar refractivity (Wildman–Crippen MR) is 85.0 cm³/mol. The van der Waals surface area contributed by atoms with Crippen molar-refractivity contribution in [2.45, 2.75) is 31.9 Å². The van der Waals surface area contributed by atoms with E-state index in [1.54, 1.807) is 13.2 Å². The molecule has 0 aliphatic heterocycles. The molecule has 0 fully saturated rings. The van der Waals surface area contributed by atoms with Gasteiger partial charge in [-0.2, -0.15) is 11.8 Å². The fourth-order valence-electron chi connectivity index (χ4n) is 1.53. The number of ether oxygens (including phenoxy) is 2. The Morgan fingerprint density at radius 1 is 1.45 bits per heavy atom. The maximum absolute atomic E-state index is 12.0. The van der Waals surface area contributed by atoms with E-state index in [2.05, 4.69) is 12.2 Å². The van der Waals surface area contributed by atoms with Gasteiger partial charge in [0.25, 0.3) is 0 Å². The van der Waals surface area contributed by atoms with Gasteiger partial charge in [0.15, 0.2) is 0 Å². The second kappa shape index (κ2) is 8.74. The lowest BCUT2D eigenvalue weighted by Gasteiger charge is -2.15. The number of anilines is 1. The topological polar surface area (TPSA) is 47.6 Å². The van der Waals surface area contributed by atoms with E-state index in [0.717, 1.165) is 12.8 Å². The summed E-state index contributed by atoms with van der Waals surface area (Å²) >= 11 is 1.51. The van der Waals surface area contributed by atoms with Crippen molar-refractivity contribution in [1.29, 1.82) is 0 Å². The number of carbonyl (C=O) groups excluding carboxylic acids is 1. The average Bonchev–Trinajstić information content (AvgIpc) is 2.47. The van der Waals surface area contributed by atoms with Crippen LogP contribution < -0.4 is 14.8 Å². The van der Waals surface area contributed by atoms with Gasteiger partial charge >= 0.3 is 0 Å². The third-order valence-corrected chi connectivity index (χ3v) is 3.84. The number of hydrogen-bond donors (Lipinski definition) is 1. The van der Waals surface area contributed by atoms with Crippen molar-refractivity contribution in [3.05, 3.63) is 18.2 Å². The molecule has 1 rings (SSSR count). The van der Waals surface area contributed by atoms with Crippen LogP contribution in [0.3, 0.4) is 0 Å². The van der Waals surface area contributed by atoms with E-state index in [4.69, 9.17) is 9.47 Å². The van der Waals surface area contributed by atoms with Gasteiger partial charge in [-0.15, -0.1) is 0 Å². The van der Waals surface area contributed by atoms with Gasteiger partial charge in [-0.05, 0) is 31.7 Å². The first-order valence-electron chi connectivity index (χ1n) is 6.76. The maximum atomic E-state index is 12.0. The number of rotatable bonds is 8. The zero-order valence-corrected chi connectivity index (χ0v) is 13.4. The van der Waals surface area contributed by atoms with Crippen LogP contribution in [0.4, 0.5) is 5.69 Å². The van der Waals surface area contributed by atoms with Crippen LogP contribution in [0.1, 0.15) is 26.7 Å². The SMILES string of the molecule is CCCCOc1ccc(OC)cc1NC(=O)C(C)SC. The smallest absolute Gasteiger partial charge is 0.237 e. The lowest BCUT2D eigenvalue weighted by atomic mass is 10.2. The molecule has 0 bridgehead atoms. The van der Waals surface area contributed by atoms with Crippen LogP contribution in [0, 0.1) is 0 Å². The van der Waals surface area contributed by atoms with Gasteiger partial charge in [0, 0.05) is 6.07 Å². The van der Waals surface area contributed by atoms with Crippen molar-refractivity contribution in [2.75, 3.05) is 25.3 Å². The Kier molecular flexibility index (Phi) is 7.30. The van der Waals surface area contributed by atoms with Crippen LogP contribution in [0.5, 0.6) is 11.5 Å². The van der Waals surface area contributed by atoms with Crippen molar-refractivity contribution < 1.29 is 14.3 Å². The summed E-state index contributed by atoms with van der Waals surface area (Å²) in [6.07, 6.45) is 3.97. The summed E-state index contributed by atoms with van der Waals surface area (Å²) < 4.78 is 10.9. The molecule has 20 heavy (non-hydrogen) atoms.